The van der Waals surface area contributed by atoms with Crippen molar-refractivity contribution in [3.8, 4) is 0 Å². The number of aliphatic hydroxyl groups excluding tert-OH is 1. The van der Waals surface area contributed by atoms with Gasteiger partial charge in [0.15, 0.2) is 0 Å². The third-order valence-electron chi connectivity index (χ3n) is 7.46. The van der Waals surface area contributed by atoms with Gasteiger partial charge in [-0.15, -0.1) is 0 Å². The van der Waals surface area contributed by atoms with Crippen molar-refractivity contribution in [2.45, 2.75) is 89.7 Å². The highest BCUT2D eigenvalue weighted by Gasteiger charge is 2.33. The number of benzene rings is 1. The zero-order chi connectivity index (χ0) is 35.3. The highest BCUT2D eigenvalue weighted by Crippen LogP contribution is 2.19. The van der Waals surface area contributed by atoms with Gasteiger partial charge in [-0.3, -0.25) is 24.0 Å². The zero-order valence-electron chi connectivity index (χ0n) is 27.2. The van der Waals surface area contributed by atoms with E-state index in [1.807, 2.05) is 18.2 Å². The van der Waals surface area contributed by atoms with Crippen LogP contribution in [0.5, 0.6) is 0 Å². The van der Waals surface area contributed by atoms with E-state index in [1.54, 1.807) is 26.1 Å². The summed E-state index contributed by atoms with van der Waals surface area (Å²) >= 11 is 0. The van der Waals surface area contributed by atoms with Gasteiger partial charge >= 0.3 is 5.97 Å². The molecule has 5 amide bonds. The van der Waals surface area contributed by atoms with Crippen LogP contribution in [-0.4, -0.2) is 100 Å². The van der Waals surface area contributed by atoms with E-state index in [9.17, 15) is 39.0 Å². The SMILES string of the molecule is CC(C)[C@H](NC(=O)[C@H](Cc1c[nH]c2ccccc12)NC(=O)[C@@H](NC(=O)CNC(=O)[C@H](CCCCN)NC(=O)[C@H](C)N)[C@@H](C)O)C(=O)O. The summed E-state index contributed by atoms with van der Waals surface area (Å²) in [6.45, 7) is 5.77. The number of aliphatic carboxylic acids is 1. The van der Waals surface area contributed by atoms with Gasteiger partial charge in [-0.05, 0) is 57.2 Å². The monoisotopic (exact) mass is 660 g/mol. The largest absolute Gasteiger partial charge is 0.480 e. The maximum absolute atomic E-state index is 13.4. The van der Waals surface area contributed by atoms with Crippen LogP contribution in [-0.2, 0) is 35.2 Å². The molecular formula is C31H48N8O8. The molecule has 0 saturated carbocycles. The lowest BCUT2D eigenvalue weighted by molar-refractivity contribution is -0.143. The summed E-state index contributed by atoms with van der Waals surface area (Å²) in [4.78, 5) is 79.4. The summed E-state index contributed by atoms with van der Waals surface area (Å²) in [7, 11) is 0. The van der Waals surface area contributed by atoms with Crippen molar-refractivity contribution in [3.63, 3.8) is 0 Å². The molecule has 1 heterocycles. The molecule has 0 unspecified atom stereocenters. The number of nitrogens with two attached hydrogens (primary N) is 2. The number of hydrogen-bond donors (Lipinski definition) is 10. The van der Waals surface area contributed by atoms with Crippen LogP contribution in [0, 0.1) is 5.92 Å². The second kappa shape index (κ2) is 18.6. The van der Waals surface area contributed by atoms with E-state index in [0.29, 0.717) is 24.9 Å². The lowest BCUT2D eigenvalue weighted by atomic mass is 10.0. The Bertz CT molecular complexity index is 1390. The number of hydrogen-bond acceptors (Lipinski definition) is 9. The molecule has 0 saturated heterocycles. The number of nitrogens with one attached hydrogen (secondary N) is 6. The van der Waals surface area contributed by atoms with Crippen LogP contribution >= 0.6 is 0 Å². The Morgan fingerprint density at radius 3 is 2.09 bits per heavy atom. The number of unbranched alkanes of at least 4 members (excludes halogenated alkanes) is 1. The molecule has 0 fully saturated rings. The van der Waals surface area contributed by atoms with Crippen LogP contribution < -0.4 is 38.1 Å². The first kappa shape index (κ1) is 38.6. The number of aliphatic hydroxyl groups is 1. The van der Waals surface area contributed by atoms with Gasteiger partial charge in [0.05, 0.1) is 18.7 Å². The Hall–Kier alpha value is -4.54. The summed E-state index contributed by atoms with van der Waals surface area (Å²) in [6, 6.07) is 1.37. The summed E-state index contributed by atoms with van der Waals surface area (Å²) in [5.41, 5.74) is 12.6. The van der Waals surface area contributed by atoms with Crippen LogP contribution in [0.4, 0.5) is 0 Å². The van der Waals surface area contributed by atoms with E-state index in [2.05, 4.69) is 31.6 Å². The lowest BCUT2D eigenvalue weighted by Crippen LogP contribution is -2.60. The van der Waals surface area contributed by atoms with Crippen molar-refractivity contribution in [1.29, 1.82) is 0 Å². The average Bonchev–Trinajstić information content (AvgIpc) is 3.42. The summed E-state index contributed by atoms with van der Waals surface area (Å²) in [6.07, 6.45) is 1.59. The molecule has 2 rings (SSSR count). The molecule has 16 heteroatoms. The predicted molar refractivity (Wildman–Crippen MR) is 173 cm³/mol. The number of amides is 5. The van der Waals surface area contributed by atoms with E-state index >= 15 is 0 Å². The Morgan fingerprint density at radius 2 is 1.49 bits per heavy atom. The summed E-state index contributed by atoms with van der Waals surface area (Å²) in [5, 5.41) is 33.1. The minimum Gasteiger partial charge on any atom is -0.480 e. The van der Waals surface area contributed by atoms with Gasteiger partial charge in [0.25, 0.3) is 0 Å². The summed E-state index contributed by atoms with van der Waals surface area (Å²) in [5.74, 6) is -5.45. The molecule has 260 valence electrons. The van der Waals surface area contributed by atoms with Crippen molar-refractivity contribution in [2.24, 2.45) is 17.4 Å². The quantitative estimate of drug-likeness (QED) is 0.0768. The molecule has 12 N–H and O–H groups in total. The van der Waals surface area contributed by atoms with E-state index in [4.69, 9.17) is 11.5 Å². The molecule has 0 aliphatic heterocycles. The third kappa shape index (κ3) is 12.0. The molecule has 6 atom stereocenters. The normalized spacial score (nSPS) is 15.1. The first-order chi connectivity index (χ1) is 22.2. The molecule has 1 aromatic heterocycles. The minimum atomic E-state index is -1.55. The van der Waals surface area contributed by atoms with Gasteiger partial charge in [0.1, 0.15) is 24.2 Å². The molecule has 0 aliphatic rings. The van der Waals surface area contributed by atoms with Crippen molar-refractivity contribution in [1.82, 2.24) is 31.6 Å². The second-order valence-electron chi connectivity index (χ2n) is 11.8. The number of fused-ring (bicyclic) bond motifs is 1. The van der Waals surface area contributed by atoms with Gasteiger partial charge in [0, 0.05) is 23.5 Å². The molecule has 47 heavy (non-hydrogen) atoms. The maximum atomic E-state index is 13.4. The van der Waals surface area contributed by atoms with Crippen LogP contribution in [0.2, 0.25) is 0 Å². The van der Waals surface area contributed by atoms with E-state index < -0.39 is 84.3 Å². The molecule has 2 aromatic rings. The van der Waals surface area contributed by atoms with E-state index in [-0.39, 0.29) is 12.8 Å². The number of carbonyl (C=O) groups excluding carboxylic acids is 5. The Balaban J connectivity index is 2.18. The molecule has 0 aliphatic carbocycles. The number of aromatic amines is 1. The fraction of sp³-hybridized carbons (Fsp3) is 0.548. The van der Waals surface area contributed by atoms with Crippen LogP contribution in [0.15, 0.2) is 30.5 Å². The number of H-pyrrole nitrogens is 1. The Kier molecular flexibility index (Phi) is 15.3. The standard InChI is InChI=1S/C31H48N8O8/c1-16(2)25(31(46)47)39-29(44)23(13-19-14-34-21-10-6-5-9-20(19)21)37-30(45)26(18(4)40)38-24(41)15-35-28(43)22(11-7-8-12-32)36-27(42)17(3)33/h5-6,9-10,14,16-18,22-23,25-26,34,40H,7-8,11-13,15,32-33H2,1-4H3,(H,35,43)(H,36,42)(H,37,45)(H,38,41)(H,39,44)(H,46,47)/t17-,18+,22-,23-,25-,26-/m0/s1. The average molecular weight is 661 g/mol. The maximum Gasteiger partial charge on any atom is 0.326 e. The summed E-state index contributed by atoms with van der Waals surface area (Å²) < 4.78 is 0. The number of para-hydroxylation sites is 1. The second-order valence-corrected chi connectivity index (χ2v) is 11.8. The highest BCUT2D eigenvalue weighted by molar-refractivity contribution is 5.96. The highest BCUT2D eigenvalue weighted by atomic mass is 16.4. The van der Waals surface area contributed by atoms with Gasteiger partial charge < -0.3 is 53.2 Å². The van der Waals surface area contributed by atoms with Gasteiger partial charge in [-0.25, -0.2) is 4.79 Å². The number of aromatic nitrogens is 1. The predicted octanol–water partition coefficient (Wildman–Crippen LogP) is -1.64. The third-order valence-corrected chi connectivity index (χ3v) is 7.46. The zero-order valence-corrected chi connectivity index (χ0v) is 27.2. The van der Waals surface area contributed by atoms with Gasteiger partial charge in [-0.2, -0.15) is 0 Å². The molecule has 1 aromatic carbocycles. The Labute approximate surface area is 273 Å². The van der Waals surface area contributed by atoms with Gasteiger partial charge in [0.2, 0.25) is 29.5 Å². The van der Waals surface area contributed by atoms with E-state index in [0.717, 1.165) is 10.9 Å². The fourth-order valence-electron chi connectivity index (χ4n) is 4.74. The fourth-order valence-corrected chi connectivity index (χ4v) is 4.74. The van der Waals surface area contributed by atoms with Crippen LogP contribution in [0.3, 0.4) is 0 Å². The molecular weight excluding hydrogens is 612 g/mol. The molecule has 0 bridgehead atoms. The van der Waals surface area contributed by atoms with Crippen molar-refractivity contribution >= 4 is 46.4 Å². The lowest BCUT2D eigenvalue weighted by Gasteiger charge is -2.26. The van der Waals surface area contributed by atoms with Gasteiger partial charge in [-0.1, -0.05) is 32.0 Å². The number of carboxylic acid groups (broad SMARTS) is 1. The molecule has 0 spiro atoms. The van der Waals surface area contributed by atoms with Crippen molar-refractivity contribution < 1.29 is 39.0 Å². The number of carbonyl (C=O) groups is 6. The smallest absolute Gasteiger partial charge is 0.326 e. The van der Waals surface area contributed by atoms with E-state index in [1.165, 1.54) is 13.8 Å². The van der Waals surface area contributed by atoms with Crippen molar-refractivity contribution in [2.75, 3.05) is 13.1 Å². The first-order valence-electron chi connectivity index (χ1n) is 15.6. The number of carboxylic acids is 1. The molecule has 0 radical (unpaired) electrons. The minimum absolute atomic E-state index is 0.0404. The topological polar surface area (TPSA) is 271 Å². The van der Waals surface area contributed by atoms with Crippen LogP contribution in [0.1, 0.15) is 52.5 Å². The van der Waals surface area contributed by atoms with Crippen molar-refractivity contribution in [3.05, 3.63) is 36.0 Å². The molecule has 16 nitrogen and oxygen atoms in total. The first-order valence-corrected chi connectivity index (χ1v) is 15.6. The number of rotatable bonds is 19. The Morgan fingerprint density at radius 1 is 0.830 bits per heavy atom. The van der Waals surface area contributed by atoms with Crippen LogP contribution in [0.25, 0.3) is 10.9 Å².